The lowest BCUT2D eigenvalue weighted by molar-refractivity contribution is -0.138. The van der Waals surface area contributed by atoms with E-state index in [9.17, 15) is 18.4 Å². The van der Waals surface area contributed by atoms with Crippen LogP contribution in [0.3, 0.4) is 0 Å². The average molecular weight is 484 g/mol. The standard InChI is InChI=1S/C25H43F2N5O2/c1-15-5-6-21(27)20-14-22(29-23(15)20)24(33)28-18-11-17(26)12-19(13-18)31-7-9-32(10-8-31)25(34)16(2)30(3)4/h15-23,29H,5-14H2,1-4H3,(H,28,33). The first kappa shape index (κ1) is 25.8. The van der Waals surface area contributed by atoms with Gasteiger partial charge in [-0.25, -0.2) is 8.78 Å². The molecular weight excluding hydrogens is 440 g/mol. The largest absolute Gasteiger partial charge is 0.352 e. The van der Waals surface area contributed by atoms with E-state index in [1.54, 1.807) is 0 Å². The highest BCUT2D eigenvalue weighted by molar-refractivity contribution is 5.82. The Labute approximate surface area is 203 Å². The summed E-state index contributed by atoms with van der Waals surface area (Å²) in [7, 11) is 3.81. The maximum Gasteiger partial charge on any atom is 0.239 e. The zero-order valence-corrected chi connectivity index (χ0v) is 21.2. The molecule has 0 bridgehead atoms. The molecule has 34 heavy (non-hydrogen) atoms. The lowest BCUT2D eigenvalue weighted by Crippen LogP contribution is -2.58. The molecule has 2 amide bonds. The highest BCUT2D eigenvalue weighted by atomic mass is 19.1. The average Bonchev–Trinajstić information content (AvgIpc) is 3.27. The highest BCUT2D eigenvalue weighted by Gasteiger charge is 2.47. The molecule has 0 aromatic rings. The first-order chi connectivity index (χ1) is 16.1. The Balaban J connectivity index is 1.28. The fourth-order valence-electron chi connectivity index (χ4n) is 6.53. The maximum absolute atomic E-state index is 14.7. The van der Waals surface area contributed by atoms with Gasteiger partial charge in [-0.05, 0) is 65.5 Å². The van der Waals surface area contributed by atoms with Gasteiger partial charge in [-0.2, -0.15) is 0 Å². The van der Waals surface area contributed by atoms with Crippen LogP contribution in [-0.4, -0.2) is 109 Å². The van der Waals surface area contributed by atoms with Gasteiger partial charge in [0.1, 0.15) is 12.3 Å². The fourth-order valence-corrected chi connectivity index (χ4v) is 6.53. The summed E-state index contributed by atoms with van der Waals surface area (Å²) in [6.45, 7) is 6.81. The molecular formula is C25H43F2N5O2. The number of halogens is 2. The minimum Gasteiger partial charge on any atom is -0.352 e. The number of amides is 2. The van der Waals surface area contributed by atoms with Gasteiger partial charge in [-0.3, -0.25) is 19.4 Å². The quantitative estimate of drug-likeness (QED) is 0.622. The molecule has 2 aliphatic carbocycles. The van der Waals surface area contributed by atoms with E-state index in [4.69, 9.17) is 0 Å². The van der Waals surface area contributed by atoms with Crippen LogP contribution in [0.15, 0.2) is 0 Å². The molecule has 194 valence electrons. The van der Waals surface area contributed by atoms with Crippen LogP contribution in [0.25, 0.3) is 0 Å². The fraction of sp³-hybridized carbons (Fsp3) is 0.920. The SMILES string of the molecule is CC1CCC(F)C2CC(C(=O)NC3CC(F)CC(N4CCN(C(=O)C(C)N(C)C)CC4)C3)NC12. The molecule has 0 aromatic carbocycles. The molecule has 2 saturated heterocycles. The molecule has 4 rings (SSSR count). The second-order valence-corrected chi connectivity index (χ2v) is 11.4. The van der Waals surface area contributed by atoms with Crippen molar-refractivity contribution in [1.29, 1.82) is 0 Å². The second-order valence-electron chi connectivity index (χ2n) is 11.4. The van der Waals surface area contributed by atoms with Crippen molar-refractivity contribution in [1.82, 2.24) is 25.3 Å². The first-order valence-electron chi connectivity index (χ1n) is 13.2. The zero-order chi connectivity index (χ0) is 24.6. The number of likely N-dealkylation sites (N-methyl/N-ethyl adjacent to an activating group) is 1. The van der Waals surface area contributed by atoms with Gasteiger partial charge in [-0.15, -0.1) is 0 Å². The highest BCUT2D eigenvalue weighted by Crippen LogP contribution is 2.38. The van der Waals surface area contributed by atoms with Crippen molar-refractivity contribution in [2.75, 3.05) is 40.3 Å². The molecule has 2 heterocycles. The van der Waals surface area contributed by atoms with E-state index in [1.165, 1.54) is 0 Å². The van der Waals surface area contributed by atoms with Crippen LogP contribution in [0, 0.1) is 11.8 Å². The Bertz CT molecular complexity index is 714. The molecule has 4 aliphatic rings. The molecule has 2 saturated carbocycles. The van der Waals surface area contributed by atoms with Crippen LogP contribution >= 0.6 is 0 Å². The van der Waals surface area contributed by atoms with Crippen molar-refractivity contribution >= 4 is 11.8 Å². The number of hydrogen-bond acceptors (Lipinski definition) is 5. The van der Waals surface area contributed by atoms with Gasteiger partial charge in [-0.1, -0.05) is 6.92 Å². The number of carbonyl (C=O) groups is 2. The monoisotopic (exact) mass is 483 g/mol. The van der Waals surface area contributed by atoms with Crippen molar-refractivity contribution in [3.05, 3.63) is 0 Å². The molecule has 9 atom stereocenters. The van der Waals surface area contributed by atoms with Gasteiger partial charge in [0.15, 0.2) is 0 Å². The molecule has 0 aromatic heterocycles. The van der Waals surface area contributed by atoms with Crippen LogP contribution in [0.2, 0.25) is 0 Å². The summed E-state index contributed by atoms with van der Waals surface area (Å²) in [6, 6.07) is -0.633. The minimum atomic E-state index is -0.952. The Morgan fingerprint density at radius 2 is 1.74 bits per heavy atom. The molecule has 0 radical (unpaired) electrons. The summed E-state index contributed by atoms with van der Waals surface area (Å²) in [4.78, 5) is 31.8. The van der Waals surface area contributed by atoms with Gasteiger partial charge < -0.3 is 15.5 Å². The number of alkyl halides is 2. The summed E-state index contributed by atoms with van der Waals surface area (Å²) in [5.74, 6) is 0.299. The van der Waals surface area contributed by atoms with Gasteiger partial charge in [0.25, 0.3) is 0 Å². The van der Waals surface area contributed by atoms with E-state index in [0.29, 0.717) is 44.7 Å². The van der Waals surface area contributed by atoms with E-state index in [-0.39, 0.29) is 47.9 Å². The van der Waals surface area contributed by atoms with Crippen LogP contribution < -0.4 is 10.6 Å². The van der Waals surface area contributed by atoms with E-state index < -0.39 is 12.3 Å². The normalized spacial score (nSPS) is 40.1. The van der Waals surface area contributed by atoms with E-state index in [0.717, 1.165) is 25.9 Å². The van der Waals surface area contributed by atoms with Crippen LogP contribution in [0.1, 0.15) is 52.4 Å². The third-order valence-corrected chi connectivity index (χ3v) is 8.90. The summed E-state index contributed by atoms with van der Waals surface area (Å²) in [6.07, 6.45) is 1.70. The van der Waals surface area contributed by atoms with Gasteiger partial charge in [0, 0.05) is 50.2 Å². The molecule has 0 spiro atoms. The van der Waals surface area contributed by atoms with Gasteiger partial charge in [0.2, 0.25) is 11.8 Å². The summed E-state index contributed by atoms with van der Waals surface area (Å²) in [5, 5.41) is 6.48. The second kappa shape index (κ2) is 10.7. The Kier molecular flexibility index (Phi) is 8.14. The lowest BCUT2D eigenvalue weighted by atomic mass is 9.77. The van der Waals surface area contributed by atoms with Crippen LogP contribution in [0.4, 0.5) is 8.78 Å². The number of nitrogens with zero attached hydrogens (tertiary/aromatic N) is 3. The van der Waals surface area contributed by atoms with Crippen molar-refractivity contribution in [3.63, 3.8) is 0 Å². The summed E-state index contributed by atoms with van der Waals surface area (Å²) < 4.78 is 29.1. The number of rotatable bonds is 5. The number of fused-ring (bicyclic) bond motifs is 1. The summed E-state index contributed by atoms with van der Waals surface area (Å²) >= 11 is 0. The zero-order valence-electron chi connectivity index (χ0n) is 21.2. The molecule has 2 N–H and O–H groups in total. The molecule has 4 fully saturated rings. The van der Waals surface area contributed by atoms with Crippen LogP contribution in [-0.2, 0) is 9.59 Å². The third-order valence-electron chi connectivity index (χ3n) is 8.90. The van der Waals surface area contributed by atoms with Gasteiger partial charge >= 0.3 is 0 Å². The van der Waals surface area contributed by atoms with Crippen molar-refractivity contribution < 1.29 is 18.4 Å². The number of piperazine rings is 1. The Morgan fingerprint density at radius 3 is 2.38 bits per heavy atom. The smallest absolute Gasteiger partial charge is 0.239 e. The molecule has 9 unspecified atom stereocenters. The number of carbonyl (C=O) groups excluding carboxylic acids is 2. The van der Waals surface area contributed by atoms with E-state index >= 15 is 0 Å². The van der Waals surface area contributed by atoms with Crippen molar-refractivity contribution in [3.8, 4) is 0 Å². The van der Waals surface area contributed by atoms with Gasteiger partial charge in [0.05, 0.1) is 12.1 Å². The predicted octanol–water partition coefficient (Wildman–Crippen LogP) is 1.57. The number of nitrogens with one attached hydrogen (secondary N) is 2. The van der Waals surface area contributed by atoms with Crippen LogP contribution in [0.5, 0.6) is 0 Å². The third kappa shape index (κ3) is 5.57. The first-order valence-corrected chi connectivity index (χ1v) is 13.2. The van der Waals surface area contributed by atoms with E-state index in [1.807, 2.05) is 30.8 Å². The summed E-state index contributed by atoms with van der Waals surface area (Å²) in [5.41, 5.74) is 0. The van der Waals surface area contributed by atoms with Crippen molar-refractivity contribution in [2.45, 2.75) is 94.9 Å². The van der Waals surface area contributed by atoms with E-state index in [2.05, 4.69) is 22.5 Å². The Hall–Kier alpha value is -1.32. The molecule has 2 aliphatic heterocycles. The lowest BCUT2D eigenvalue weighted by Gasteiger charge is -2.44. The maximum atomic E-state index is 14.7. The molecule has 9 heteroatoms. The topological polar surface area (TPSA) is 67.9 Å². The number of hydrogen-bond donors (Lipinski definition) is 2. The molecule has 7 nitrogen and oxygen atoms in total. The minimum absolute atomic E-state index is 0.0572. The predicted molar refractivity (Wildman–Crippen MR) is 128 cm³/mol. The van der Waals surface area contributed by atoms with Crippen molar-refractivity contribution in [2.24, 2.45) is 11.8 Å². The Morgan fingerprint density at radius 1 is 1.03 bits per heavy atom.